The molecule has 0 fully saturated rings. The third kappa shape index (κ3) is 8.15. The van der Waals surface area contributed by atoms with Crippen molar-refractivity contribution < 1.29 is 14.6 Å². The minimum absolute atomic E-state index is 0.105. The summed E-state index contributed by atoms with van der Waals surface area (Å²) in [6.07, 6.45) is 2.16. The van der Waals surface area contributed by atoms with E-state index in [1.807, 2.05) is 32.8 Å². The van der Waals surface area contributed by atoms with Crippen molar-refractivity contribution in [3.8, 4) is 5.75 Å². The fourth-order valence-electron chi connectivity index (χ4n) is 1.58. The van der Waals surface area contributed by atoms with Crippen molar-refractivity contribution in [3.63, 3.8) is 0 Å². The van der Waals surface area contributed by atoms with Gasteiger partial charge in [0.1, 0.15) is 11.3 Å². The Morgan fingerprint density at radius 2 is 1.81 bits per heavy atom. The molecule has 0 bridgehead atoms. The summed E-state index contributed by atoms with van der Waals surface area (Å²) in [6.45, 7) is 4.80. The van der Waals surface area contributed by atoms with Gasteiger partial charge in [-0.15, -0.1) is 11.6 Å². The molecule has 0 amide bonds. The van der Waals surface area contributed by atoms with Crippen molar-refractivity contribution in [2.45, 2.75) is 20.3 Å². The third-order valence-corrected chi connectivity index (χ3v) is 2.61. The van der Waals surface area contributed by atoms with Gasteiger partial charge >= 0.3 is 5.97 Å². The summed E-state index contributed by atoms with van der Waals surface area (Å²) in [6, 6.07) is 3.15. The van der Waals surface area contributed by atoms with Crippen LogP contribution >= 0.6 is 23.2 Å². The highest BCUT2D eigenvalue weighted by atomic mass is 35.5. The quantitative estimate of drug-likeness (QED) is 0.824. The van der Waals surface area contributed by atoms with E-state index < -0.39 is 5.97 Å². The van der Waals surface area contributed by atoms with Crippen LogP contribution < -0.4 is 4.74 Å². The second-order valence-electron chi connectivity index (χ2n) is 4.00. The molecule has 1 N–H and O–H groups in total. The molecule has 0 saturated heterocycles. The highest BCUT2D eigenvalue weighted by Gasteiger charge is 2.16. The normalized spacial score (nSPS) is 9.19. The van der Waals surface area contributed by atoms with E-state index in [1.165, 1.54) is 19.6 Å². The number of hydrogen-bond donors (Lipinski definition) is 1. The van der Waals surface area contributed by atoms with E-state index in [2.05, 4.69) is 11.6 Å². The SMILES string of the molecule is CC.CCl.COc1c(CCN(C)C)cc(Cl)cc1C(=O)O. The number of hydrogen-bond acceptors (Lipinski definition) is 3. The molecule has 4 nitrogen and oxygen atoms in total. The molecule has 1 aromatic rings. The van der Waals surface area contributed by atoms with Crippen LogP contribution in [0.3, 0.4) is 0 Å². The Bertz CT molecular complexity index is 424. The van der Waals surface area contributed by atoms with Gasteiger partial charge in [0.25, 0.3) is 0 Å². The summed E-state index contributed by atoms with van der Waals surface area (Å²) in [7, 11) is 5.37. The number of alkyl halides is 1. The monoisotopic (exact) mass is 337 g/mol. The number of ether oxygens (including phenoxy) is 1. The number of methoxy groups -OCH3 is 1. The Morgan fingerprint density at radius 1 is 1.29 bits per heavy atom. The van der Waals surface area contributed by atoms with Crippen molar-refractivity contribution in [2.24, 2.45) is 0 Å². The van der Waals surface area contributed by atoms with Crippen LogP contribution in [0.2, 0.25) is 5.02 Å². The molecule has 1 aromatic carbocycles. The summed E-state index contributed by atoms with van der Waals surface area (Å²) in [5.41, 5.74) is 0.917. The number of halogens is 2. The summed E-state index contributed by atoms with van der Waals surface area (Å²) < 4.78 is 5.17. The zero-order valence-corrected chi connectivity index (χ0v) is 15.0. The van der Waals surface area contributed by atoms with Crippen molar-refractivity contribution in [2.75, 3.05) is 34.1 Å². The minimum Gasteiger partial charge on any atom is -0.496 e. The molecule has 6 heteroatoms. The van der Waals surface area contributed by atoms with Gasteiger partial charge in [-0.3, -0.25) is 0 Å². The van der Waals surface area contributed by atoms with Crippen LogP contribution in [0.1, 0.15) is 29.8 Å². The van der Waals surface area contributed by atoms with E-state index in [-0.39, 0.29) is 5.56 Å². The van der Waals surface area contributed by atoms with Gasteiger partial charge in [-0.25, -0.2) is 4.79 Å². The molecular weight excluding hydrogens is 313 g/mol. The average Bonchev–Trinajstić information content (AvgIpc) is 2.48. The molecule has 0 aromatic heterocycles. The lowest BCUT2D eigenvalue weighted by atomic mass is 10.1. The molecule has 0 unspecified atom stereocenters. The maximum atomic E-state index is 11.1. The van der Waals surface area contributed by atoms with Crippen LogP contribution in [-0.2, 0) is 6.42 Å². The Kier molecular flexibility index (Phi) is 13.5. The number of nitrogens with zero attached hydrogens (tertiary/aromatic N) is 1. The molecule has 1 rings (SSSR count). The van der Waals surface area contributed by atoms with Crippen LogP contribution in [0.5, 0.6) is 5.75 Å². The first-order valence-electron chi connectivity index (χ1n) is 6.58. The largest absolute Gasteiger partial charge is 0.496 e. The molecule has 0 atom stereocenters. The highest BCUT2D eigenvalue weighted by molar-refractivity contribution is 6.31. The van der Waals surface area contributed by atoms with E-state index >= 15 is 0 Å². The smallest absolute Gasteiger partial charge is 0.339 e. The van der Waals surface area contributed by atoms with Crippen LogP contribution in [-0.4, -0.2) is 50.1 Å². The molecular formula is C15H25Cl2NO3. The number of carboxylic acid groups (broad SMARTS) is 1. The minimum atomic E-state index is -1.03. The van der Waals surface area contributed by atoms with Gasteiger partial charge in [0.15, 0.2) is 0 Å². The van der Waals surface area contributed by atoms with Crippen LogP contribution in [0, 0.1) is 0 Å². The fourth-order valence-corrected chi connectivity index (χ4v) is 1.82. The molecule has 122 valence electrons. The number of benzene rings is 1. The first kappa shape index (κ1) is 22.3. The van der Waals surface area contributed by atoms with Gasteiger partial charge in [-0.05, 0) is 38.2 Å². The van der Waals surface area contributed by atoms with Gasteiger partial charge in [-0.1, -0.05) is 25.4 Å². The molecule has 0 aliphatic rings. The zero-order valence-electron chi connectivity index (χ0n) is 13.5. The van der Waals surface area contributed by atoms with Gasteiger partial charge < -0.3 is 14.7 Å². The molecule has 21 heavy (non-hydrogen) atoms. The van der Waals surface area contributed by atoms with E-state index in [0.717, 1.165) is 12.1 Å². The first-order valence-corrected chi connectivity index (χ1v) is 7.71. The second kappa shape index (κ2) is 12.7. The van der Waals surface area contributed by atoms with Gasteiger partial charge in [0.2, 0.25) is 0 Å². The van der Waals surface area contributed by atoms with Crippen LogP contribution in [0.4, 0.5) is 0 Å². The molecule has 0 saturated carbocycles. The van der Waals surface area contributed by atoms with Gasteiger partial charge in [0.05, 0.1) is 7.11 Å². The number of carboxylic acids is 1. The molecule has 0 aliphatic carbocycles. The van der Waals surface area contributed by atoms with E-state index in [1.54, 1.807) is 6.07 Å². The molecule has 0 heterocycles. The second-order valence-corrected chi connectivity index (χ2v) is 4.44. The number of aromatic carboxylic acids is 1. The maximum Gasteiger partial charge on any atom is 0.339 e. The fraction of sp³-hybridized carbons (Fsp3) is 0.533. The predicted molar refractivity (Wildman–Crippen MR) is 90.3 cm³/mol. The Morgan fingerprint density at radius 3 is 2.19 bits per heavy atom. The molecule has 0 radical (unpaired) electrons. The van der Waals surface area contributed by atoms with Crippen LogP contribution in [0.15, 0.2) is 12.1 Å². The topological polar surface area (TPSA) is 49.8 Å². The number of rotatable bonds is 5. The van der Waals surface area contributed by atoms with Crippen molar-refractivity contribution in [1.29, 1.82) is 0 Å². The van der Waals surface area contributed by atoms with E-state index in [4.69, 9.17) is 21.4 Å². The lowest BCUT2D eigenvalue weighted by molar-refractivity contribution is 0.0693. The Labute approximate surface area is 137 Å². The Hall–Kier alpha value is -0.970. The van der Waals surface area contributed by atoms with Crippen LogP contribution in [0.25, 0.3) is 0 Å². The van der Waals surface area contributed by atoms with Crippen molar-refractivity contribution >= 4 is 29.2 Å². The third-order valence-electron chi connectivity index (χ3n) is 2.39. The van der Waals surface area contributed by atoms with E-state index in [0.29, 0.717) is 17.2 Å². The summed E-state index contributed by atoms with van der Waals surface area (Å²) in [5.74, 6) is -0.640. The number of carbonyl (C=O) groups is 1. The Balaban J connectivity index is 0. The summed E-state index contributed by atoms with van der Waals surface area (Å²) in [5, 5.41) is 9.49. The maximum absolute atomic E-state index is 11.1. The molecule has 0 aliphatic heterocycles. The van der Waals surface area contributed by atoms with E-state index in [9.17, 15) is 4.79 Å². The lowest BCUT2D eigenvalue weighted by Gasteiger charge is -2.14. The standard InChI is InChI=1S/C12H16ClNO3.C2H6.CH3Cl/c1-14(2)5-4-8-6-9(13)7-10(12(15)16)11(8)17-3;2*1-2/h6-7H,4-5H2,1-3H3,(H,15,16);1-2H3;1H3. The van der Waals surface area contributed by atoms with Crippen molar-refractivity contribution in [1.82, 2.24) is 4.90 Å². The predicted octanol–water partition coefficient (Wildman–Crippen LogP) is 4.03. The first-order chi connectivity index (χ1) is 9.95. The highest BCUT2D eigenvalue weighted by Crippen LogP contribution is 2.28. The average molecular weight is 338 g/mol. The molecule has 0 spiro atoms. The van der Waals surface area contributed by atoms with Gasteiger partial charge in [0, 0.05) is 18.0 Å². The summed E-state index contributed by atoms with van der Waals surface area (Å²) in [4.78, 5) is 13.1. The van der Waals surface area contributed by atoms with Gasteiger partial charge in [-0.2, -0.15) is 0 Å². The van der Waals surface area contributed by atoms with Crippen molar-refractivity contribution in [3.05, 3.63) is 28.3 Å². The zero-order chi connectivity index (χ0) is 17.0. The summed E-state index contributed by atoms with van der Waals surface area (Å²) >= 11 is 10.5. The number of likely N-dealkylation sites (N-methyl/N-ethyl adjacent to an activating group) is 1. The lowest BCUT2D eigenvalue weighted by Crippen LogP contribution is -2.16.